The summed E-state index contributed by atoms with van der Waals surface area (Å²) in [6.45, 7) is 38.9. The molecule has 1 atom stereocenters. The molecule has 0 aromatic heterocycles. The molecular formula is C30H67N4PS. The molecule has 0 saturated heterocycles. The number of nitrogens with zero attached hydrogens (tertiary/aromatic N) is 4. The van der Waals surface area contributed by atoms with Gasteiger partial charge in [-0.15, -0.1) is 0 Å². The standard InChI is InChI=1S/C30H67N4PS/c1-20(2)28(21(3)4)33(19)35(31-36,32(17)18)34(29(22(5)6,23(7)8)24(9)10)30(25(11)12,26(13)14)27(15)16/h20-28,36H,1-19H3. The molecule has 1 unspecified atom stereocenters. The summed E-state index contributed by atoms with van der Waals surface area (Å²) in [6, 6.07) is 0.382. The van der Waals surface area contributed by atoms with Crippen LogP contribution in [-0.4, -0.2) is 52.3 Å². The quantitative estimate of drug-likeness (QED) is 0.173. The lowest BCUT2D eigenvalue weighted by atomic mass is 9.62. The Morgan fingerprint density at radius 1 is 0.528 bits per heavy atom. The highest BCUT2D eigenvalue weighted by Crippen LogP contribution is 2.70. The average Bonchev–Trinajstić information content (AvgIpc) is 2.66. The Hall–Kier alpha value is 0.460. The summed E-state index contributed by atoms with van der Waals surface area (Å²) in [7, 11) is 4.37. The second kappa shape index (κ2) is 13.7. The van der Waals surface area contributed by atoms with Crippen molar-refractivity contribution in [1.29, 1.82) is 0 Å². The Kier molecular flexibility index (Phi) is 13.9. The van der Waals surface area contributed by atoms with Gasteiger partial charge >= 0.3 is 0 Å². The molecule has 0 aliphatic rings. The number of thiol groups is 1. The van der Waals surface area contributed by atoms with E-state index in [9.17, 15) is 0 Å². The van der Waals surface area contributed by atoms with E-state index in [-0.39, 0.29) is 11.1 Å². The predicted molar refractivity (Wildman–Crippen MR) is 170 cm³/mol. The topological polar surface area (TPSA) is 22.1 Å². The molecule has 0 amide bonds. The van der Waals surface area contributed by atoms with Crippen molar-refractivity contribution in [3.63, 3.8) is 0 Å². The lowest BCUT2D eigenvalue weighted by molar-refractivity contribution is -0.105. The van der Waals surface area contributed by atoms with Crippen molar-refractivity contribution < 1.29 is 0 Å². The average molecular weight is 547 g/mol. The van der Waals surface area contributed by atoms with E-state index >= 15 is 0 Å². The highest BCUT2D eigenvalue weighted by atomic mass is 32.1. The molecule has 0 spiro atoms. The summed E-state index contributed by atoms with van der Waals surface area (Å²) >= 11 is 4.97. The molecule has 0 fully saturated rings. The summed E-state index contributed by atoms with van der Waals surface area (Å²) in [5.74, 6) is 3.63. The molecule has 0 heterocycles. The molecule has 0 rings (SSSR count). The largest absolute Gasteiger partial charge is 0.251 e. The maximum atomic E-state index is 5.31. The van der Waals surface area contributed by atoms with Crippen LogP contribution in [0.5, 0.6) is 0 Å². The molecule has 0 aromatic carbocycles. The zero-order chi connectivity index (χ0) is 29.1. The first-order valence-electron chi connectivity index (χ1n) is 14.7. The minimum atomic E-state index is -2.49. The van der Waals surface area contributed by atoms with Crippen molar-refractivity contribution in [1.82, 2.24) is 14.0 Å². The van der Waals surface area contributed by atoms with Gasteiger partial charge in [0.25, 0.3) is 0 Å². The fourth-order valence-corrected chi connectivity index (χ4v) is 14.7. The zero-order valence-corrected chi connectivity index (χ0v) is 29.7. The third-order valence-electron chi connectivity index (χ3n) is 9.43. The van der Waals surface area contributed by atoms with E-state index in [0.29, 0.717) is 53.4 Å². The van der Waals surface area contributed by atoms with Crippen molar-refractivity contribution in [2.24, 2.45) is 51.5 Å². The maximum Gasteiger partial charge on any atom is 0.180 e. The van der Waals surface area contributed by atoms with Crippen molar-refractivity contribution in [3.8, 4) is 0 Å². The van der Waals surface area contributed by atoms with Gasteiger partial charge in [-0.25, -0.2) is 9.34 Å². The highest BCUT2D eigenvalue weighted by Gasteiger charge is 2.63. The Labute approximate surface area is 234 Å². The van der Waals surface area contributed by atoms with Crippen LogP contribution in [0.15, 0.2) is 4.15 Å². The van der Waals surface area contributed by atoms with Crippen molar-refractivity contribution >= 4 is 20.3 Å². The Morgan fingerprint density at radius 3 is 0.917 bits per heavy atom. The van der Waals surface area contributed by atoms with Gasteiger partial charge in [-0.2, -0.15) is 4.15 Å². The zero-order valence-electron chi connectivity index (χ0n) is 27.9. The fraction of sp³-hybridized carbons (Fsp3) is 1.00. The second-order valence-corrected chi connectivity index (χ2v) is 17.7. The van der Waals surface area contributed by atoms with Gasteiger partial charge in [-0.3, -0.25) is 4.67 Å². The molecule has 0 aliphatic carbocycles. The lowest BCUT2D eigenvalue weighted by Crippen LogP contribution is -2.72. The van der Waals surface area contributed by atoms with Crippen LogP contribution in [0.2, 0.25) is 0 Å². The van der Waals surface area contributed by atoms with Gasteiger partial charge < -0.3 is 0 Å². The summed E-state index contributed by atoms with van der Waals surface area (Å²) in [6.07, 6.45) is 0. The fourth-order valence-electron chi connectivity index (χ4n) is 8.86. The van der Waals surface area contributed by atoms with Crippen molar-refractivity contribution in [3.05, 3.63) is 0 Å². The summed E-state index contributed by atoms with van der Waals surface area (Å²) in [5, 5.41) is 0. The van der Waals surface area contributed by atoms with Crippen LogP contribution in [0.3, 0.4) is 0 Å². The number of rotatable bonds is 14. The van der Waals surface area contributed by atoms with Gasteiger partial charge in [-0.05, 0) is 81.3 Å². The van der Waals surface area contributed by atoms with Crippen LogP contribution >= 0.6 is 20.3 Å². The van der Waals surface area contributed by atoms with E-state index in [2.05, 4.69) is 146 Å². The lowest BCUT2D eigenvalue weighted by Gasteiger charge is -2.69. The minimum absolute atomic E-state index is 0.0874. The molecule has 4 nitrogen and oxygen atoms in total. The van der Waals surface area contributed by atoms with E-state index in [4.69, 9.17) is 17.0 Å². The van der Waals surface area contributed by atoms with Crippen LogP contribution in [0.4, 0.5) is 0 Å². The summed E-state index contributed by atoms with van der Waals surface area (Å²) in [4.78, 5) is 0. The predicted octanol–water partition coefficient (Wildman–Crippen LogP) is 9.67. The first-order valence-corrected chi connectivity index (χ1v) is 16.7. The maximum absolute atomic E-state index is 5.31. The third-order valence-corrected chi connectivity index (χ3v) is 13.8. The van der Waals surface area contributed by atoms with E-state index in [1.165, 1.54) is 0 Å². The summed E-state index contributed by atoms with van der Waals surface area (Å²) < 4.78 is 13.5. The van der Waals surface area contributed by atoms with E-state index < -0.39 is 7.51 Å². The molecule has 0 aromatic rings. The second-order valence-electron chi connectivity index (χ2n) is 14.0. The number of hydrogen-bond donors (Lipinski definition) is 1. The third kappa shape index (κ3) is 5.81. The van der Waals surface area contributed by atoms with E-state index in [1.54, 1.807) is 0 Å². The number of hydrogen-bond acceptors (Lipinski definition) is 1. The Bertz CT molecular complexity index is 626. The molecule has 0 saturated carbocycles. The van der Waals surface area contributed by atoms with Crippen LogP contribution < -0.4 is 0 Å². The van der Waals surface area contributed by atoms with Gasteiger partial charge in [0, 0.05) is 17.1 Å². The molecular weight excluding hydrogens is 479 g/mol. The Morgan fingerprint density at radius 2 is 0.778 bits per heavy atom. The minimum Gasteiger partial charge on any atom is -0.251 e. The van der Waals surface area contributed by atoms with Crippen LogP contribution in [0.1, 0.15) is 111 Å². The molecule has 0 radical (unpaired) electrons. The van der Waals surface area contributed by atoms with Crippen LogP contribution in [0, 0.1) is 47.3 Å². The first kappa shape index (κ1) is 36.5. The Balaban J connectivity index is 8.55. The molecule has 0 aliphatic heterocycles. The monoisotopic (exact) mass is 546 g/mol. The van der Waals surface area contributed by atoms with Crippen molar-refractivity contribution in [2.45, 2.75) is 128 Å². The van der Waals surface area contributed by atoms with Crippen LogP contribution in [-0.2, 0) is 0 Å². The molecule has 6 heteroatoms. The highest BCUT2D eigenvalue weighted by molar-refractivity contribution is 7.84. The van der Waals surface area contributed by atoms with Gasteiger partial charge in [0.05, 0.1) is 0 Å². The molecule has 218 valence electrons. The smallest absolute Gasteiger partial charge is 0.180 e. The van der Waals surface area contributed by atoms with Crippen molar-refractivity contribution in [2.75, 3.05) is 21.1 Å². The summed E-state index contributed by atoms with van der Waals surface area (Å²) in [5.41, 5.74) is -0.175. The first-order chi connectivity index (χ1) is 16.2. The van der Waals surface area contributed by atoms with Gasteiger partial charge in [0.1, 0.15) is 0 Å². The van der Waals surface area contributed by atoms with Crippen LogP contribution in [0.25, 0.3) is 0 Å². The molecule has 0 bridgehead atoms. The normalized spacial score (nSPS) is 16.2. The molecule has 36 heavy (non-hydrogen) atoms. The van der Waals surface area contributed by atoms with E-state index in [0.717, 1.165) is 0 Å². The van der Waals surface area contributed by atoms with Gasteiger partial charge in [0.2, 0.25) is 0 Å². The van der Waals surface area contributed by atoms with Gasteiger partial charge in [0.15, 0.2) is 7.51 Å². The SMILES string of the molecule is CC(C)C(C(C)C)N(C)P(=NS)(N(C)C)N(C(C(C)C)(C(C)C)C(C)C)C(C(C)C)(C(C)C)C(C)C. The molecule has 0 N–H and O–H groups in total. The van der Waals surface area contributed by atoms with E-state index in [1.807, 2.05) is 0 Å². The van der Waals surface area contributed by atoms with Gasteiger partial charge in [-0.1, -0.05) is 111 Å².